The molecule has 0 aliphatic rings. The maximum absolute atomic E-state index is 6.74. The molecule has 1 unspecified atom stereocenters. The highest BCUT2D eigenvalue weighted by molar-refractivity contribution is 7.66. The molecule has 1 heterocycles. The van der Waals surface area contributed by atoms with Gasteiger partial charge in [-0.05, 0) is 22.8 Å². The van der Waals surface area contributed by atoms with Gasteiger partial charge in [0.2, 0.25) is 0 Å². The van der Waals surface area contributed by atoms with E-state index in [1.165, 1.54) is 26.7 Å². The average Bonchev–Trinajstić information content (AvgIpc) is 3.10. The lowest BCUT2D eigenvalue weighted by Crippen LogP contribution is -1.90. The second-order valence-electron chi connectivity index (χ2n) is 6.98. The third-order valence-electron chi connectivity index (χ3n) is 5.25. The van der Waals surface area contributed by atoms with Crippen molar-refractivity contribution < 1.29 is 0 Å². The van der Waals surface area contributed by atoms with Crippen LogP contribution < -0.4 is 5.73 Å². The first-order valence-corrected chi connectivity index (χ1v) is 11.3. The van der Waals surface area contributed by atoms with Crippen LogP contribution in [0, 0.1) is 0 Å². The Morgan fingerprint density at radius 2 is 1.24 bits per heavy atom. The van der Waals surface area contributed by atoms with E-state index in [1.807, 2.05) is 24.3 Å². The normalized spacial score (nSPS) is 11.7. The zero-order chi connectivity index (χ0) is 19.8. The van der Waals surface area contributed by atoms with Crippen LogP contribution in [0.25, 0.3) is 37.8 Å². The first-order chi connectivity index (χ1) is 14.3. The Labute approximate surface area is 176 Å². The number of anilines is 1. The summed E-state index contributed by atoms with van der Waals surface area (Å²) in [7, 11) is -0.748. The molecule has 4 aromatic carbocycles. The summed E-state index contributed by atoms with van der Waals surface area (Å²) in [5.41, 5.74) is 10.6. The molecule has 5 aromatic rings. The van der Waals surface area contributed by atoms with Crippen LogP contribution in [0.3, 0.4) is 0 Å². The summed E-state index contributed by atoms with van der Waals surface area (Å²) in [4.78, 5) is 0. The summed E-state index contributed by atoms with van der Waals surface area (Å²) in [5.74, 6) is 0. The fourth-order valence-corrected chi connectivity index (χ4v) is 7.10. The predicted octanol–water partition coefficient (Wildman–Crippen LogP) is 8.39. The van der Waals surface area contributed by atoms with E-state index < -0.39 is 7.53 Å². The molecule has 5 rings (SSSR count). The average molecular weight is 412 g/mol. The van der Waals surface area contributed by atoms with Gasteiger partial charge in [0.05, 0.1) is 0 Å². The van der Waals surface area contributed by atoms with Gasteiger partial charge in [0.25, 0.3) is 0 Å². The number of fused-ring (bicyclic) bond motifs is 1. The quantitative estimate of drug-likeness (QED) is 0.296. The Balaban J connectivity index is 2.01. The smallest absolute Gasteiger partial charge is 0.0488 e. The summed E-state index contributed by atoms with van der Waals surface area (Å²) in [6.07, 6.45) is 0. The maximum atomic E-state index is 6.74. The number of hydrogen-bond donors (Lipinski definition) is 1. The van der Waals surface area contributed by atoms with Crippen molar-refractivity contribution in [2.45, 2.75) is 0 Å². The van der Waals surface area contributed by atoms with Crippen LogP contribution in [-0.2, 0) is 0 Å². The van der Waals surface area contributed by atoms with Gasteiger partial charge in [-0.3, -0.25) is 0 Å². The van der Waals surface area contributed by atoms with Crippen molar-refractivity contribution in [2.24, 2.45) is 0 Å². The van der Waals surface area contributed by atoms with Gasteiger partial charge in [-0.1, -0.05) is 110 Å². The first kappa shape index (κ1) is 18.1. The Kier molecular flexibility index (Phi) is 4.64. The van der Waals surface area contributed by atoms with Crippen molar-refractivity contribution in [2.75, 3.05) is 5.73 Å². The molecule has 0 aliphatic heterocycles. The largest absolute Gasteiger partial charge is 0.398 e. The minimum Gasteiger partial charge on any atom is -0.398 e. The standard InChI is InChI=1S/C26H19ClNP/c27-22-15-7-4-12-19(22)26-25(20-13-5-8-16-23(20)28)21-14-6-9-17-24(21)29(26)18-10-2-1-3-11-18/h1-17H,28H2. The number of nitrogens with two attached hydrogens (primary N) is 1. The van der Waals surface area contributed by atoms with Crippen molar-refractivity contribution in [3.8, 4) is 27.3 Å². The summed E-state index contributed by atoms with van der Waals surface area (Å²) >= 11 is 6.74. The number of halogens is 1. The zero-order valence-corrected chi connectivity index (χ0v) is 17.4. The van der Waals surface area contributed by atoms with E-state index >= 15 is 0 Å². The fourth-order valence-electron chi connectivity index (χ4n) is 3.99. The molecule has 0 radical (unpaired) electrons. The third kappa shape index (κ3) is 3.04. The van der Waals surface area contributed by atoms with Crippen LogP contribution in [0.1, 0.15) is 0 Å². The highest BCUT2D eigenvalue weighted by Gasteiger charge is 2.23. The molecule has 1 atom stereocenters. The summed E-state index contributed by atoms with van der Waals surface area (Å²) < 4.78 is 0. The lowest BCUT2D eigenvalue weighted by molar-refractivity contribution is 1.64. The maximum Gasteiger partial charge on any atom is 0.0488 e. The van der Waals surface area contributed by atoms with Gasteiger partial charge in [0.15, 0.2) is 0 Å². The number of hydrogen-bond acceptors (Lipinski definition) is 1. The lowest BCUT2D eigenvalue weighted by atomic mass is 9.97. The van der Waals surface area contributed by atoms with Gasteiger partial charge in [-0.15, -0.1) is 0 Å². The highest BCUT2D eigenvalue weighted by Crippen LogP contribution is 2.62. The van der Waals surface area contributed by atoms with Gasteiger partial charge in [-0.2, -0.15) is 0 Å². The second kappa shape index (κ2) is 7.44. The monoisotopic (exact) mass is 411 g/mol. The second-order valence-corrected chi connectivity index (χ2v) is 9.50. The molecular formula is C26H19ClNP. The number of nitrogen functional groups attached to an aromatic ring is 1. The molecule has 140 valence electrons. The molecule has 1 nitrogen and oxygen atoms in total. The van der Waals surface area contributed by atoms with Gasteiger partial charge in [0, 0.05) is 37.8 Å². The van der Waals surface area contributed by atoms with E-state index in [9.17, 15) is 0 Å². The Bertz CT molecular complexity index is 1320. The molecule has 2 N–H and O–H groups in total. The van der Waals surface area contributed by atoms with Crippen LogP contribution in [0.15, 0.2) is 103 Å². The van der Waals surface area contributed by atoms with Crippen molar-refractivity contribution in [1.29, 1.82) is 0 Å². The highest BCUT2D eigenvalue weighted by atomic mass is 35.5. The summed E-state index contributed by atoms with van der Waals surface area (Å²) in [6, 6.07) is 35.7. The van der Waals surface area contributed by atoms with E-state index in [4.69, 9.17) is 17.3 Å². The van der Waals surface area contributed by atoms with Crippen LogP contribution in [0.2, 0.25) is 5.02 Å². The molecule has 0 fully saturated rings. The fraction of sp³-hybridized carbons (Fsp3) is 0. The SMILES string of the molecule is Nc1ccccc1-c1c(-c2ccccc2Cl)p(-c2ccccc2)c2ccccc12. The minimum atomic E-state index is -0.748. The molecule has 3 heteroatoms. The van der Waals surface area contributed by atoms with Crippen molar-refractivity contribution in [3.05, 3.63) is 108 Å². The summed E-state index contributed by atoms with van der Waals surface area (Å²) in [6.45, 7) is 0. The molecule has 0 saturated heterocycles. The van der Waals surface area contributed by atoms with Crippen LogP contribution >= 0.6 is 19.1 Å². The van der Waals surface area contributed by atoms with Gasteiger partial charge < -0.3 is 5.73 Å². The van der Waals surface area contributed by atoms with E-state index in [0.29, 0.717) is 0 Å². The van der Waals surface area contributed by atoms with Crippen LogP contribution in [0.5, 0.6) is 0 Å². The number of para-hydroxylation sites is 1. The van der Waals surface area contributed by atoms with E-state index in [0.717, 1.165) is 21.8 Å². The molecule has 0 bridgehead atoms. The van der Waals surface area contributed by atoms with E-state index in [2.05, 4.69) is 78.9 Å². The van der Waals surface area contributed by atoms with E-state index in [1.54, 1.807) is 0 Å². The Morgan fingerprint density at radius 3 is 2.00 bits per heavy atom. The van der Waals surface area contributed by atoms with Crippen LogP contribution in [0.4, 0.5) is 5.69 Å². The lowest BCUT2D eigenvalue weighted by Gasteiger charge is -2.13. The zero-order valence-electron chi connectivity index (χ0n) is 15.7. The molecule has 0 spiro atoms. The van der Waals surface area contributed by atoms with Crippen molar-refractivity contribution in [1.82, 2.24) is 0 Å². The van der Waals surface area contributed by atoms with E-state index in [-0.39, 0.29) is 0 Å². The van der Waals surface area contributed by atoms with Crippen molar-refractivity contribution in [3.63, 3.8) is 0 Å². The van der Waals surface area contributed by atoms with Gasteiger partial charge in [0.1, 0.15) is 0 Å². The summed E-state index contributed by atoms with van der Waals surface area (Å²) in [5, 5.41) is 5.95. The molecule has 0 amide bonds. The molecular weight excluding hydrogens is 393 g/mol. The topological polar surface area (TPSA) is 26.0 Å². The number of rotatable bonds is 3. The van der Waals surface area contributed by atoms with Crippen molar-refractivity contribution >= 4 is 35.3 Å². The Morgan fingerprint density at radius 1 is 0.621 bits per heavy atom. The molecule has 29 heavy (non-hydrogen) atoms. The Hall–Kier alpha value is -2.99. The van der Waals surface area contributed by atoms with Gasteiger partial charge in [-0.25, -0.2) is 0 Å². The van der Waals surface area contributed by atoms with Crippen LogP contribution in [-0.4, -0.2) is 0 Å². The number of benzene rings is 4. The minimum absolute atomic E-state index is 0.748. The predicted molar refractivity (Wildman–Crippen MR) is 128 cm³/mol. The molecule has 0 saturated carbocycles. The van der Waals surface area contributed by atoms with Gasteiger partial charge >= 0.3 is 0 Å². The molecule has 1 aromatic heterocycles. The molecule has 0 aliphatic carbocycles. The third-order valence-corrected chi connectivity index (χ3v) is 8.18. The first-order valence-electron chi connectivity index (χ1n) is 9.54.